The van der Waals surface area contributed by atoms with Crippen molar-refractivity contribution in [2.45, 2.75) is 20.3 Å². The van der Waals surface area contributed by atoms with Crippen LogP contribution < -0.4 is 0 Å². The molecule has 0 spiro atoms. The van der Waals surface area contributed by atoms with Crippen molar-refractivity contribution in [2.75, 3.05) is 56.4 Å². The van der Waals surface area contributed by atoms with E-state index in [0.717, 1.165) is 11.1 Å². The van der Waals surface area contributed by atoms with Crippen LogP contribution >= 0.6 is 15.3 Å². The molecule has 0 heterocycles. The molecule has 1 aromatic carbocycles. The minimum absolute atomic E-state index is 0.417. The van der Waals surface area contributed by atoms with Crippen LogP contribution in [0.4, 0.5) is 0 Å². The molecule has 1 aromatic rings. The van der Waals surface area contributed by atoms with Gasteiger partial charge in [-0.15, -0.1) is 0 Å². The van der Waals surface area contributed by atoms with E-state index in [1.807, 2.05) is 50.2 Å². The summed E-state index contributed by atoms with van der Waals surface area (Å²) in [7, 11) is 7.46. The quantitative estimate of drug-likeness (QED) is 0.425. The molecule has 0 aliphatic heterocycles. The van der Waals surface area contributed by atoms with Crippen molar-refractivity contribution in [1.82, 2.24) is 18.7 Å². The lowest BCUT2D eigenvalue weighted by Gasteiger charge is -2.34. The summed E-state index contributed by atoms with van der Waals surface area (Å²) < 4.78 is 44.5. The van der Waals surface area contributed by atoms with Crippen molar-refractivity contribution in [2.24, 2.45) is 0 Å². The first-order valence-electron chi connectivity index (χ1n) is 10.6. The fourth-order valence-corrected chi connectivity index (χ4v) is 5.81. The zero-order valence-corrected chi connectivity index (χ0v) is 23.4. The minimum Gasteiger partial charge on any atom is -0.426 e. The summed E-state index contributed by atoms with van der Waals surface area (Å²) >= 11 is 0. The third kappa shape index (κ3) is 7.96. The van der Waals surface area contributed by atoms with Crippen molar-refractivity contribution < 1.29 is 18.2 Å². The van der Waals surface area contributed by atoms with E-state index >= 15 is 0 Å². The highest BCUT2D eigenvalue weighted by Gasteiger charge is 2.36. The minimum atomic E-state index is -3.18. The highest BCUT2D eigenvalue weighted by molar-refractivity contribution is 7.54. The van der Waals surface area contributed by atoms with Crippen LogP contribution in [-0.4, -0.2) is 75.1 Å². The van der Waals surface area contributed by atoms with Crippen molar-refractivity contribution >= 4 is 15.3 Å². The molecule has 10 heteroatoms. The number of nitrogens with zero attached hydrogens (tertiary/aromatic N) is 4. The summed E-state index contributed by atoms with van der Waals surface area (Å²) in [6.45, 7) is 3.92. The second-order valence-corrected chi connectivity index (χ2v) is 14.1. The topological polar surface area (TPSA) is 65.6 Å². The number of allylic oxidation sites excluding steroid dienone is 5. The Morgan fingerprint density at radius 1 is 0.667 bits per heavy atom. The number of rotatable bonds is 8. The van der Waals surface area contributed by atoms with Crippen LogP contribution in [-0.2, 0) is 18.2 Å². The first kappa shape index (κ1) is 29.4. The standard InChI is InChI=1S/C17H34N4O4P2.C6H6/c1-14(2)16-13-15(24-26(22,18(3)4)19(5)6)11-12-17(16)25-27(23,20(7)8)21(9)10;1-2-4-6-5-3-1/h11-12H,13H2,1-10H3;1-6H. The molecular formula is C23H40N4O4P2. The van der Waals surface area contributed by atoms with Gasteiger partial charge in [0.15, 0.2) is 0 Å². The van der Waals surface area contributed by atoms with Crippen molar-refractivity contribution in [3.05, 3.63) is 71.2 Å². The van der Waals surface area contributed by atoms with E-state index in [1.165, 1.54) is 0 Å². The molecule has 0 N–H and O–H groups in total. The summed E-state index contributed by atoms with van der Waals surface area (Å²) in [5, 5.41) is 0. The Morgan fingerprint density at radius 3 is 1.36 bits per heavy atom. The average molecular weight is 499 g/mol. The van der Waals surface area contributed by atoms with Gasteiger partial charge in [0.1, 0.15) is 11.5 Å². The van der Waals surface area contributed by atoms with Crippen LogP contribution in [0.25, 0.3) is 0 Å². The number of hydrogen-bond donors (Lipinski definition) is 0. The summed E-state index contributed by atoms with van der Waals surface area (Å²) in [6, 6.07) is 12.0. The largest absolute Gasteiger partial charge is 0.426 e. The lowest BCUT2D eigenvalue weighted by Crippen LogP contribution is -2.24. The third-order valence-corrected chi connectivity index (χ3v) is 9.77. The van der Waals surface area contributed by atoms with Crippen molar-refractivity contribution in [3.63, 3.8) is 0 Å². The number of benzene rings is 1. The Bertz CT molecular complexity index is 900. The fraction of sp³-hybridized carbons (Fsp3) is 0.478. The molecular weight excluding hydrogens is 458 g/mol. The Hall–Kier alpha value is -1.66. The molecule has 0 unspecified atom stereocenters. The molecule has 8 nitrogen and oxygen atoms in total. The van der Waals surface area contributed by atoms with E-state index in [-0.39, 0.29) is 0 Å². The average Bonchev–Trinajstić information content (AvgIpc) is 2.75. The molecule has 0 aromatic heterocycles. The van der Waals surface area contributed by atoms with Gasteiger partial charge >= 0.3 is 15.3 Å². The van der Waals surface area contributed by atoms with E-state index in [9.17, 15) is 9.13 Å². The summed E-state index contributed by atoms with van der Waals surface area (Å²) in [6.07, 6.45) is 3.88. The maximum absolute atomic E-state index is 13.2. The highest BCUT2D eigenvalue weighted by Crippen LogP contribution is 2.56. The lowest BCUT2D eigenvalue weighted by atomic mass is 10.00. The van der Waals surface area contributed by atoms with Crippen LogP contribution in [0, 0.1) is 0 Å². The van der Waals surface area contributed by atoms with Gasteiger partial charge in [-0.25, -0.2) is 27.8 Å². The van der Waals surface area contributed by atoms with Crippen molar-refractivity contribution in [1.29, 1.82) is 0 Å². The normalized spacial score (nSPS) is 14.7. The van der Waals surface area contributed by atoms with Crippen molar-refractivity contribution in [3.8, 4) is 0 Å². The summed E-state index contributed by atoms with van der Waals surface area (Å²) in [5.41, 5.74) is 1.89. The van der Waals surface area contributed by atoms with Gasteiger partial charge in [-0.2, -0.15) is 0 Å². The van der Waals surface area contributed by atoms with Gasteiger partial charge in [0, 0.05) is 12.0 Å². The predicted molar refractivity (Wildman–Crippen MR) is 138 cm³/mol. The van der Waals surface area contributed by atoms with E-state index in [4.69, 9.17) is 9.05 Å². The molecule has 0 bridgehead atoms. The zero-order chi connectivity index (χ0) is 25.4. The monoisotopic (exact) mass is 498 g/mol. The Labute approximate surface area is 200 Å². The van der Waals surface area contributed by atoms with Gasteiger partial charge in [0.2, 0.25) is 0 Å². The fourth-order valence-electron chi connectivity index (χ4n) is 2.87. The van der Waals surface area contributed by atoms with Gasteiger partial charge in [0.05, 0.1) is 0 Å². The molecule has 33 heavy (non-hydrogen) atoms. The number of hydrogen-bond acceptors (Lipinski definition) is 4. The van der Waals surface area contributed by atoms with Crippen LogP contribution in [0.3, 0.4) is 0 Å². The maximum atomic E-state index is 13.2. The smallest absolute Gasteiger partial charge is 0.394 e. The molecule has 1 aliphatic rings. The molecule has 0 saturated heterocycles. The molecule has 0 fully saturated rings. The van der Waals surface area contributed by atoms with Gasteiger partial charge in [-0.05, 0) is 82.4 Å². The third-order valence-electron chi connectivity index (χ3n) is 4.81. The maximum Gasteiger partial charge on any atom is 0.394 e. The highest BCUT2D eigenvalue weighted by atomic mass is 31.2. The molecule has 0 amide bonds. The van der Waals surface area contributed by atoms with E-state index in [1.54, 1.807) is 87.2 Å². The SMILES string of the molecule is CC(C)=C1CC(OP(=O)(N(C)C)N(C)C)=CC=C1OP(=O)(N(C)C)N(C)C.c1ccccc1. The second-order valence-electron chi connectivity index (χ2n) is 8.53. The molecule has 2 rings (SSSR count). The molecule has 186 valence electrons. The zero-order valence-electron chi connectivity index (χ0n) is 21.6. The first-order chi connectivity index (χ1) is 15.3. The second kappa shape index (κ2) is 12.7. The first-order valence-corrected chi connectivity index (χ1v) is 13.7. The van der Waals surface area contributed by atoms with Crippen LogP contribution in [0.15, 0.2) is 71.2 Å². The molecule has 0 atom stereocenters. The van der Waals surface area contributed by atoms with E-state index in [0.29, 0.717) is 17.9 Å². The Balaban J connectivity index is 0.000000779. The van der Waals surface area contributed by atoms with Crippen LogP contribution in [0.1, 0.15) is 20.3 Å². The molecule has 0 radical (unpaired) electrons. The van der Waals surface area contributed by atoms with Gasteiger partial charge in [-0.3, -0.25) is 0 Å². The summed E-state index contributed by atoms with van der Waals surface area (Å²) in [4.78, 5) is 0. The lowest BCUT2D eigenvalue weighted by molar-refractivity contribution is 0.288. The van der Waals surface area contributed by atoms with Gasteiger partial charge in [-0.1, -0.05) is 42.0 Å². The van der Waals surface area contributed by atoms with E-state index in [2.05, 4.69) is 0 Å². The van der Waals surface area contributed by atoms with Gasteiger partial charge in [0.25, 0.3) is 0 Å². The molecule has 0 saturated carbocycles. The Kier molecular flexibility index (Phi) is 11.3. The van der Waals surface area contributed by atoms with Crippen LogP contribution in [0.2, 0.25) is 0 Å². The Morgan fingerprint density at radius 2 is 1.03 bits per heavy atom. The van der Waals surface area contributed by atoms with Crippen LogP contribution in [0.5, 0.6) is 0 Å². The molecule has 1 aliphatic carbocycles. The van der Waals surface area contributed by atoms with Gasteiger partial charge < -0.3 is 9.05 Å². The predicted octanol–water partition coefficient (Wildman–Crippen LogP) is 5.68. The summed E-state index contributed by atoms with van der Waals surface area (Å²) in [5.74, 6) is 1.12. The van der Waals surface area contributed by atoms with E-state index < -0.39 is 15.3 Å².